The normalized spacial score (nSPS) is 11.7. The zero-order chi connectivity index (χ0) is 18.4. The van der Waals surface area contributed by atoms with E-state index >= 15 is 0 Å². The number of hydrogen-bond acceptors (Lipinski definition) is 6. The number of carbonyl (C=O) groups excluding carboxylic acids is 1. The molecule has 0 saturated carbocycles. The van der Waals surface area contributed by atoms with E-state index in [0.717, 1.165) is 11.5 Å². The van der Waals surface area contributed by atoms with Crippen LogP contribution >= 0.6 is 0 Å². The number of nitrogens with one attached hydrogen (secondary N) is 2. The molecule has 2 aromatic heterocycles. The molecule has 0 saturated heterocycles. The van der Waals surface area contributed by atoms with E-state index in [1.165, 1.54) is 7.11 Å². The highest BCUT2D eigenvalue weighted by molar-refractivity contribution is 5.90. The Morgan fingerprint density at radius 2 is 1.96 bits per heavy atom. The third kappa shape index (κ3) is 4.85. The second-order valence-corrected chi connectivity index (χ2v) is 5.83. The number of aromatic nitrogens is 1. The van der Waals surface area contributed by atoms with E-state index in [9.17, 15) is 4.79 Å². The molecular weight excluding hydrogens is 324 g/mol. The molecule has 136 valence electrons. The zero-order valence-electron chi connectivity index (χ0n) is 15.2. The van der Waals surface area contributed by atoms with Crippen molar-refractivity contribution >= 4 is 11.9 Å². The van der Waals surface area contributed by atoms with Crippen molar-refractivity contribution < 1.29 is 18.5 Å². The highest BCUT2D eigenvalue weighted by atomic mass is 16.5. The number of furan rings is 1. The Kier molecular flexibility index (Phi) is 6.21. The molecule has 0 unspecified atom stereocenters. The molecule has 2 N–H and O–H groups in total. The number of aryl methyl sites for hydroxylation is 1. The first kappa shape index (κ1) is 18.6. The predicted octanol–water partition coefficient (Wildman–Crippen LogP) is 2.35. The minimum atomic E-state index is -0.415. The number of ether oxygens (including phenoxy) is 1. The van der Waals surface area contributed by atoms with Crippen LogP contribution in [0, 0.1) is 6.92 Å². The first-order valence-electron chi connectivity index (χ1n) is 8.02. The van der Waals surface area contributed by atoms with Crippen LogP contribution in [0.2, 0.25) is 0 Å². The number of hydrogen-bond donors (Lipinski definition) is 2. The van der Waals surface area contributed by atoms with Crippen LogP contribution in [0.4, 0.5) is 0 Å². The van der Waals surface area contributed by atoms with E-state index in [4.69, 9.17) is 13.7 Å². The van der Waals surface area contributed by atoms with Crippen LogP contribution < -0.4 is 10.6 Å². The fourth-order valence-electron chi connectivity index (χ4n) is 2.19. The van der Waals surface area contributed by atoms with E-state index in [1.807, 2.05) is 6.07 Å². The zero-order valence-corrected chi connectivity index (χ0v) is 15.2. The Labute approximate surface area is 146 Å². The van der Waals surface area contributed by atoms with Crippen LogP contribution in [0.3, 0.4) is 0 Å². The van der Waals surface area contributed by atoms with Gasteiger partial charge in [-0.1, -0.05) is 19.0 Å². The summed E-state index contributed by atoms with van der Waals surface area (Å²) in [5, 5.41) is 10.3. The Hall–Kier alpha value is -2.77. The summed E-state index contributed by atoms with van der Waals surface area (Å²) in [6.45, 7) is 6.68. The van der Waals surface area contributed by atoms with Crippen LogP contribution in [-0.4, -0.2) is 31.2 Å². The maximum Gasteiger partial charge on any atom is 0.341 e. The van der Waals surface area contributed by atoms with Crippen molar-refractivity contribution in [1.82, 2.24) is 15.8 Å². The van der Waals surface area contributed by atoms with Gasteiger partial charge in [-0.05, 0) is 18.9 Å². The fraction of sp³-hybridized carbons (Fsp3) is 0.471. The van der Waals surface area contributed by atoms with Crippen molar-refractivity contribution in [2.24, 2.45) is 4.99 Å². The average Bonchev–Trinajstić information content (AvgIpc) is 3.21. The highest BCUT2D eigenvalue weighted by Crippen LogP contribution is 2.16. The summed E-state index contributed by atoms with van der Waals surface area (Å²) >= 11 is 0. The Bertz CT molecular complexity index is 746. The second kappa shape index (κ2) is 8.36. The lowest BCUT2D eigenvalue weighted by Gasteiger charge is -2.09. The van der Waals surface area contributed by atoms with Gasteiger partial charge in [0.1, 0.15) is 17.1 Å². The van der Waals surface area contributed by atoms with Crippen molar-refractivity contribution in [2.45, 2.75) is 39.8 Å². The summed E-state index contributed by atoms with van der Waals surface area (Å²) in [5.41, 5.74) is 1.34. The molecule has 0 spiro atoms. The van der Waals surface area contributed by atoms with Crippen molar-refractivity contribution in [3.05, 3.63) is 40.7 Å². The maximum absolute atomic E-state index is 11.6. The van der Waals surface area contributed by atoms with Gasteiger partial charge in [-0.25, -0.2) is 4.79 Å². The number of esters is 1. The van der Waals surface area contributed by atoms with Gasteiger partial charge in [-0.2, -0.15) is 0 Å². The number of nitrogens with zero attached hydrogens (tertiary/aromatic N) is 2. The first-order valence-corrected chi connectivity index (χ1v) is 8.02. The summed E-state index contributed by atoms with van der Waals surface area (Å²) in [7, 11) is 3.01. The van der Waals surface area contributed by atoms with Crippen molar-refractivity contribution in [3.63, 3.8) is 0 Å². The Balaban J connectivity index is 1.89. The minimum Gasteiger partial charge on any atom is -0.465 e. The molecule has 0 bridgehead atoms. The topological polar surface area (TPSA) is 102 Å². The number of rotatable bonds is 6. The molecule has 2 rings (SSSR count). The number of carbonyl (C=O) groups is 1. The molecule has 0 fully saturated rings. The molecule has 0 atom stereocenters. The van der Waals surface area contributed by atoms with Gasteiger partial charge in [0.25, 0.3) is 0 Å². The third-order valence-corrected chi connectivity index (χ3v) is 3.63. The Morgan fingerprint density at radius 3 is 2.52 bits per heavy atom. The molecule has 0 amide bonds. The Morgan fingerprint density at radius 1 is 1.28 bits per heavy atom. The number of guanidine groups is 1. The van der Waals surface area contributed by atoms with Gasteiger partial charge in [0.2, 0.25) is 0 Å². The van der Waals surface area contributed by atoms with Crippen LogP contribution in [0.5, 0.6) is 0 Å². The SMILES string of the molecule is CN=C(NCc1cc(C(C)C)no1)NCc1cc(C(=O)OC)c(C)o1. The fourth-order valence-corrected chi connectivity index (χ4v) is 2.19. The van der Waals surface area contributed by atoms with Crippen molar-refractivity contribution in [2.75, 3.05) is 14.2 Å². The second-order valence-electron chi connectivity index (χ2n) is 5.83. The molecule has 8 nitrogen and oxygen atoms in total. The molecule has 0 radical (unpaired) electrons. The molecule has 0 aromatic carbocycles. The quantitative estimate of drug-likeness (QED) is 0.469. The standard InChI is InChI=1S/C17H24N4O4/c1-10(2)15-7-13(25-21-15)9-20-17(18-4)19-8-12-6-14(11(3)24-12)16(22)23-5/h6-7,10H,8-9H2,1-5H3,(H2,18,19,20). The van der Waals surface area contributed by atoms with Crippen molar-refractivity contribution in [1.29, 1.82) is 0 Å². The summed E-state index contributed by atoms with van der Waals surface area (Å²) in [4.78, 5) is 15.7. The molecule has 8 heteroatoms. The molecule has 2 aromatic rings. The highest BCUT2D eigenvalue weighted by Gasteiger charge is 2.15. The van der Waals surface area contributed by atoms with Crippen LogP contribution in [0.25, 0.3) is 0 Å². The van der Waals surface area contributed by atoms with Gasteiger partial charge in [0.05, 0.1) is 25.9 Å². The van der Waals surface area contributed by atoms with E-state index in [2.05, 4.69) is 34.6 Å². The van der Waals surface area contributed by atoms with Gasteiger partial charge in [-0.15, -0.1) is 0 Å². The van der Waals surface area contributed by atoms with Gasteiger partial charge in [0.15, 0.2) is 11.7 Å². The van der Waals surface area contributed by atoms with E-state index in [-0.39, 0.29) is 0 Å². The van der Waals surface area contributed by atoms with Crippen LogP contribution in [0.15, 0.2) is 26.1 Å². The molecule has 0 aliphatic heterocycles. The lowest BCUT2D eigenvalue weighted by atomic mass is 10.1. The van der Waals surface area contributed by atoms with Crippen molar-refractivity contribution in [3.8, 4) is 0 Å². The van der Waals surface area contributed by atoms with E-state index < -0.39 is 5.97 Å². The van der Waals surface area contributed by atoms with Crippen LogP contribution in [0.1, 0.15) is 53.1 Å². The average molecular weight is 348 g/mol. The van der Waals surface area contributed by atoms with Crippen LogP contribution in [-0.2, 0) is 17.8 Å². The van der Waals surface area contributed by atoms with E-state index in [1.54, 1.807) is 20.0 Å². The summed E-state index contributed by atoms with van der Waals surface area (Å²) < 4.78 is 15.5. The summed E-state index contributed by atoms with van der Waals surface area (Å²) in [5.74, 6) is 2.35. The summed E-state index contributed by atoms with van der Waals surface area (Å²) in [6.07, 6.45) is 0. The summed E-state index contributed by atoms with van der Waals surface area (Å²) in [6, 6.07) is 3.58. The van der Waals surface area contributed by atoms with Gasteiger partial charge < -0.3 is 24.3 Å². The smallest absolute Gasteiger partial charge is 0.341 e. The number of methoxy groups -OCH3 is 1. The first-order chi connectivity index (χ1) is 11.9. The third-order valence-electron chi connectivity index (χ3n) is 3.63. The van der Waals surface area contributed by atoms with Gasteiger partial charge >= 0.3 is 5.97 Å². The number of aliphatic imine (C=N–C) groups is 1. The maximum atomic E-state index is 11.6. The minimum absolute atomic E-state index is 0.320. The molecule has 25 heavy (non-hydrogen) atoms. The molecule has 2 heterocycles. The lowest BCUT2D eigenvalue weighted by Crippen LogP contribution is -2.36. The van der Waals surface area contributed by atoms with Gasteiger partial charge in [-0.3, -0.25) is 4.99 Å². The molecular formula is C17H24N4O4. The largest absolute Gasteiger partial charge is 0.465 e. The van der Waals surface area contributed by atoms with Gasteiger partial charge in [0, 0.05) is 13.1 Å². The lowest BCUT2D eigenvalue weighted by molar-refractivity contribution is 0.0599. The van der Waals surface area contributed by atoms with E-state index in [0.29, 0.717) is 42.1 Å². The monoisotopic (exact) mass is 348 g/mol. The predicted molar refractivity (Wildman–Crippen MR) is 92.4 cm³/mol. The molecule has 0 aliphatic rings. The molecule has 0 aliphatic carbocycles.